The van der Waals surface area contributed by atoms with Crippen LogP contribution in [0, 0.1) is 22.3 Å². The Hall–Kier alpha value is 1.21. The van der Waals surface area contributed by atoms with E-state index in [4.69, 9.17) is 10.2 Å². The molecule has 2 radical (unpaired) electrons. The van der Waals surface area contributed by atoms with Crippen LogP contribution in [0.3, 0.4) is 0 Å². The quantitative estimate of drug-likeness (QED) is 0.464. The van der Waals surface area contributed by atoms with Crippen molar-refractivity contribution in [2.24, 2.45) is 0 Å². The van der Waals surface area contributed by atoms with Crippen molar-refractivity contribution >= 4 is 0 Å². The van der Waals surface area contributed by atoms with E-state index in [-0.39, 0.29) is 123 Å². The van der Waals surface area contributed by atoms with Crippen molar-refractivity contribution < 1.29 is 111 Å². The second-order valence-corrected chi connectivity index (χ2v) is 2.67. The molecule has 0 aliphatic heterocycles. The van der Waals surface area contributed by atoms with E-state index < -0.39 is 0 Å². The minimum atomic E-state index is 0. The number of aromatic hydroxyl groups is 2. The van der Waals surface area contributed by atoms with Crippen molar-refractivity contribution in [2.75, 3.05) is 0 Å². The van der Waals surface area contributed by atoms with Crippen molar-refractivity contribution in [3.63, 3.8) is 0 Å². The second-order valence-electron chi connectivity index (χ2n) is 2.67. The predicted octanol–water partition coefficient (Wildman–Crippen LogP) is 0.957. The smallest absolute Gasteiger partial charge is 0.870 e. The molecular weight excluding hydrogens is 429 g/mol. The maximum absolute atomic E-state index is 8.63. The van der Waals surface area contributed by atoms with Crippen LogP contribution in [0.4, 0.5) is 0 Å². The first-order valence-electron chi connectivity index (χ1n) is 4.27. The molecule has 21 heavy (non-hydrogen) atoms. The van der Waals surface area contributed by atoms with Crippen LogP contribution in [0.1, 0.15) is 0 Å². The number of hydrogen-bond donors (Lipinski definition) is 2. The Morgan fingerprint density at radius 3 is 0.810 bits per heavy atom. The van der Waals surface area contributed by atoms with E-state index >= 15 is 0 Å². The summed E-state index contributed by atoms with van der Waals surface area (Å²) in [6.07, 6.45) is 0. The number of phenolic OH excluding ortho intramolecular Hbond substituents is 2. The molecule has 0 aliphatic carbocycles. The summed E-state index contributed by atoms with van der Waals surface area (Å²) in [7, 11) is 0. The van der Waals surface area contributed by atoms with Gasteiger partial charge in [0.05, 0.1) is 0 Å². The summed E-state index contributed by atoms with van der Waals surface area (Å²) in [4.78, 5) is 0. The summed E-state index contributed by atoms with van der Waals surface area (Å²) in [5.41, 5.74) is 0. The molecule has 0 unspecified atom stereocenters. The maximum Gasteiger partial charge on any atom is 1.00 e. The number of para-hydroxylation sites is 2. The summed E-state index contributed by atoms with van der Waals surface area (Å²) in [6.45, 7) is 0. The van der Waals surface area contributed by atoms with E-state index in [1.807, 2.05) is 12.1 Å². The molecule has 2 rings (SSSR count). The number of rotatable bonds is 0. The zero-order valence-electron chi connectivity index (χ0n) is 13.3. The van der Waals surface area contributed by atoms with E-state index in [0.29, 0.717) is 11.5 Å². The van der Waals surface area contributed by atoms with Gasteiger partial charge in [-0.25, -0.2) is 0 Å². The van der Waals surface area contributed by atoms with Gasteiger partial charge in [-0.05, 0) is 24.3 Å². The fourth-order valence-corrected chi connectivity index (χ4v) is 0.856. The Labute approximate surface area is 202 Å². The molecule has 0 spiro atoms. The van der Waals surface area contributed by atoms with Gasteiger partial charge in [0, 0.05) is 65.4 Å². The molecule has 0 bridgehead atoms. The van der Waals surface area contributed by atoms with E-state index in [0.717, 1.165) is 0 Å². The number of benzene rings is 2. The van der Waals surface area contributed by atoms with Gasteiger partial charge in [-0.15, -0.1) is 0 Å². The Balaban J connectivity index is -0.0000000280. The van der Waals surface area contributed by atoms with Crippen LogP contribution in [0.5, 0.6) is 11.5 Å². The van der Waals surface area contributed by atoms with Crippen LogP contribution in [0.15, 0.2) is 60.7 Å². The van der Waals surface area contributed by atoms with Crippen LogP contribution in [-0.2, 0) is 65.4 Å². The minimum Gasteiger partial charge on any atom is -0.870 e. The fraction of sp³-hybridized carbons (Fsp3) is 0. The third-order valence-corrected chi connectivity index (χ3v) is 1.51. The van der Waals surface area contributed by atoms with Crippen LogP contribution in [0.25, 0.3) is 0 Å². The van der Waals surface area contributed by atoms with Gasteiger partial charge in [-0.3, -0.25) is 0 Å². The molecule has 3 nitrogen and oxygen atoms in total. The van der Waals surface area contributed by atoms with Gasteiger partial charge in [0.2, 0.25) is 0 Å². The molecule has 3 N–H and O–H groups in total. The molecule has 0 atom stereocenters. The van der Waals surface area contributed by atoms with Gasteiger partial charge in [0.1, 0.15) is 11.5 Å². The Morgan fingerprint density at radius 2 is 0.714 bits per heavy atom. The molecule has 0 aliphatic rings. The summed E-state index contributed by atoms with van der Waals surface area (Å²) in [6, 6.07) is 17.4. The summed E-state index contributed by atoms with van der Waals surface area (Å²) in [5, 5.41) is 17.3. The van der Waals surface area contributed by atoms with E-state index in [9.17, 15) is 0 Å². The van der Waals surface area contributed by atoms with Gasteiger partial charge in [-0.1, -0.05) is 36.4 Å². The molecule has 0 aromatic heterocycles. The molecule has 0 amide bonds. The van der Waals surface area contributed by atoms with Gasteiger partial charge >= 0.3 is 29.6 Å². The van der Waals surface area contributed by atoms with Crippen molar-refractivity contribution in [1.29, 1.82) is 0 Å². The van der Waals surface area contributed by atoms with Crippen molar-refractivity contribution in [3.8, 4) is 11.5 Å². The Kier molecular flexibility index (Phi) is 60.1. The normalized spacial score (nSPS) is 5.71. The van der Waals surface area contributed by atoms with Gasteiger partial charge in [0.15, 0.2) is 0 Å². The molecule has 0 heterocycles. The van der Waals surface area contributed by atoms with Crippen molar-refractivity contribution in [2.45, 2.75) is 0 Å². The SMILES string of the molecule is Oc1ccccc1.Oc1ccccc1.[CH3-].[CH3-].[CH3-].[Na+].[OH-].[Y].[Y]. The third kappa shape index (κ3) is 26.4. The largest absolute Gasteiger partial charge is 1.00 e. The number of phenols is 2. The van der Waals surface area contributed by atoms with E-state index in [2.05, 4.69) is 0 Å². The van der Waals surface area contributed by atoms with Crippen molar-refractivity contribution in [3.05, 3.63) is 82.9 Å². The first-order chi connectivity index (χ1) is 6.79. The zero-order valence-corrected chi connectivity index (χ0v) is 20.9. The summed E-state index contributed by atoms with van der Waals surface area (Å²) >= 11 is 0. The second kappa shape index (κ2) is 29.2. The molecule has 0 fully saturated rings. The summed E-state index contributed by atoms with van der Waals surface area (Å²) < 4.78 is 0. The van der Waals surface area contributed by atoms with Crippen LogP contribution >= 0.6 is 0 Å². The van der Waals surface area contributed by atoms with E-state index in [1.165, 1.54) is 0 Å². The average Bonchev–Trinajstić information content (AvgIpc) is 2.21. The minimum absolute atomic E-state index is 0. The van der Waals surface area contributed by atoms with E-state index in [1.54, 1.807) is 48.5 Å². The standard InChI is InChI=1S/2C6H6O.3CH3.Na.H2O.2Y/c2*7-6-4-2-1-3-5-6;;;;;;;/h2*1-5,7H;3*1H3;;1H2;;/q;;3*-1;+1;;;/p-1. The van der Waals surface area contributed by atoms with Crippen LogP contribution in [0.2, 0.25) is 0 Å². The molecule has 0 saturated heterocycles. The monoisotopic (exact) mass is 451 g/mol. The van der Waals surface area contributed by atoms with Gasteiger partial charge in [-0.2, -0.15) is 0 Å². The summed E-state index contributed by atoms with van der Waals surface area (Å²) in [5.74, 6) is 0.644. The molecular formula is C15H22NaO3Y2-3. The molecule has 110 valence electrons. The number of hydrogen-bond acceptors (Lipinski definition) is 3. The van der Waals surface area contributed by atoms with Gasteiger partial charge < -0.3 is 38.0 Å². The first-order valence-corrected chi connectivity index (χ1v) is 4.27. The molecule has 0 saturated carbocycles. The average molecular weight is 451 g/mol. The topological polar surface area (TPSA) is 70.5 Å². The molecule has 2 aromatic carbocycles. The van der Waals surface area contributed by atoms with Crippen molar-refractivity contribution in [1.82, 2.24) is 0 Å². The van der Waals surface area contributed by atoms with Crippen LogP contribution in [-0.4, -0.2) is 15.7 Å². The zero-order chi connectivity index (χ0) is 10.2. The maximum atomic E-state index is 8.63. The Morgan fingerprint density at radius 1 is 0.524 bits per heavy atom. The van der Waals surface area contributed by atoms with Gasteiger partial charge in [0.25, 0.3) is 0 Å². The van der Waals surface area contributed by atoms with Crippen LogP contribution < -0.4 is 29.6 Å². The molecule has 6 heteroatoms. The third-order valence-electron chi connectivity index (χ3n) is 1.51. The Bertz CT molecular complexity index is 324. The first kappa shape index (κ1) is 43.2. The fourth-order valence-electron chi connectivity index (χ4n) is 0.856. The predicted molar refractivity (Wildman–Crippen MR) is 77.4 cm³/mol. The molecule has 2 aromatic rings.